The number of carbonyl (C=O) groups is 1. The molecule has 3 nitrogen and oxygen atoms in total. The summed E-state index contributed by atoms with van der Waals surface area (Å²) in [5, 5.41) is 5.45. The molecular weight excluding hydrogens is 195 g/mol. The predicted molar refractivity (Wildman–Crippen MR) is 55.2 cm³/mol. The van der Waals surface area contributed by atoms with Crippen molar-refractivity contribution in [3.63, 3.8) is 0 Å². The number of hydrogen-bond donors (Lipinski definition) is 2. The summed E-state index contributed by atoms with van der Waals surface area (Å²) in [6, 6.07) is -0.462. The van der Waals surface area contributed by atoms with Gasteiger partial charge in [-0.3, -0.25) is 4.79 Å². The molecule has 78 valence electrons. The summed E-state index contributed by atoms with van der Waals surface area (Å²) in [6.45, 7) is 3.60. The molecule has 0 saturated carbocycles. The number of rotatable bonds is 1. The van der Waals surface area contributed by atoms with Gasteiger partial charge in [-0.2, -0.15) is 0 Å². The molecule has 1 saturated heterocycles. The van der Waals surface area contributed by atoms with Gasteiger partial charge in [0.1, 0.15) is 11.9 Å². The molecule has 1 aliphatic heterocycles. The zero-order chi connectivity index (χ0) is 10.8. The lowest BCUT2D eigenvalue weighted by Crippen LogP contribution is -2.29. The second-order valence-electron chi connectivity index (χ2n) is 3.43. The molecule has 0 radical (unpaired) electrons. The van der Waals surface area contributed by atoms with E-state index in [2.05, 4.69) is 17.2 Å². The number of amides is 1. The fourth-order valence-corrected chi connectivity index (χ4v) is 1.54. The molecule has 1 heterocycles. The van der Waals surface area contributed by atoms with Gasteiger partial charge in [0.2, 0.25) is 0 Å². The van der Waals surface area contributed by atoms with Crippen LogP contribution in [0.4, 0.5) is 4.39 Å². The van der Waals surface area contributed by atoms with E-state index in [1.54, 1.807) is 18.2 Å². The summed E-state index contributed by atoms with van der Waals surface area (Å²) < 4.78 is 12.9. The van der Waals surface area contributed by atoms with Crippen molar-refractivity contribution < 1.29 is 9.18 Å². The van der Waals surface area contributed by atoms with Crippen LogP contribution in [0.15, 0.2) is 48.1 Å². The van der Waals surface area contributed by atoms with Crippen molar-refractivity contribution >= 4 is 5.91 Å². The molecule has 0 aromatic carbocycles. The van der Waals surface area contributed by atoms with E-state index >= 15 is 0 Å². The molecular formula is C11H11FN2O. The molecule has 0 spiro atoms. The summed E-state index contributed by atoms with van der Waals surface area (Å²) in [6.07, 6.45) is 6.70. The Morgan fingerprint density at radius 3 is 2.93 bits per heavy atom. The average Bonchev–Trinajstić information content (AvgIpc) is 2.39. The monoisotopic (exact) mass is 206 g/mol. The minimum atomic E-state index is -0.462. The van der Waals surface area contributed by atoms with Gasteiger partial charge in [-0.1, -0.05) is 24.8 Å². The topological polar surface area (TPSA) is 41.1 Å². The van der Waals surface area contributed by atoms with Crippen LogP contribution in [0.5, 0.6) is 0 Å². The number of hydrogen-bond acceptors (Lipinski definition) is 2. The molecule has 1 fully saturated rings. The van der Waals surface area contributed by atoms with Gasteiger partial charge < -0.3 is 10.6 Å². The van der Waals surface area contributed by atoms with Crippen LogP contribution in [-0.4, -0.2) is 11.9 Å². The van der Waals surface area contributed by atoms with Gasteiger partial charge >= 0.3 is 0 Å². The van der Waals surface area contributed by atoms with Gasteiger partial charge in [0, 0.05) is 6.42 Å². The molecule has 1 atom stereocenters. The Balaban J connectivity index is 2.24. The number of carbonyl (C=O) groups excluding carboxylic acids is 1. The lowest BCUT2D eigenvalue weighted by molar-refractivity contribution is -0.119. The minimum Gasteiger partial charge on any atom is -0.357 e. The smallest absolute Gasteiger partial charge is 0.252 e. The molecule has 0 aromatic rings. The van der Waals surface area contributed by atoms with Crippen LogP contribution in [0.25, 0.3) is 0 Å². The molecule has 0 aromatic heterocycles. The van der Waals surface area contributed by atoms with Crippen LogP contribution in [0, 0.1) is 0 Å². The fraction of sp³-hybridized carbons (Fsp3) is 0.182. The van der Waals surface area contributed by atoms with E-state index < -0.39 is 6.04 Å². The van der Waals surface area contributed by atoms with Gasteiger partial charge in [0.05, 0.1) is 5.82 Å². The van der Waals surface area contributed by atoms with Crippen molar-refractivity contribution in [2.75, 3.05) is 0 Å². The fourth-order valence-electron chi connectivity index (χ4n) is 1.54. The third kappa shape index (κ3) is 1.98. The van der Waals surface area contributed by atoms with Crippen LogP contribution < -0.4 is 10.6 Å². The maximum atomic E-state index is 12.9. The highest BCUT2D eigenvalue weighted by Gasteiger charge is 2.28. The second kappa shape index (κ2) is 3.73. The zero-order valence-corrected chi connectivity index (χ0v) is 8.09. The van der Waals surface area contributed by atoms with Crippen molar-refractivity contribution in [1.82, 2.24) is 10.6 Å². The molecule has 2 aliphatic rings. The quantitative estimate of drug-likeness (QED) is 0.678. The van der Waals surface area contributed by atoms with Gasteiger partial charge in [0.25, 0.3) is 5.91 Å². The van der Waals surface area contributed by atoms with Gasteiger partial charge in [0.15, 0.2) is 0 Å². The van der Waals surface area contributed by atoms with E-state index in [4.69, 9.17) is 0 Å². The normalized spacial score (nSPS) is 25.3. The standard InChI is InChI=1S/C11H11FN2O/c1-7-13-10(11(15)14-7)8-3-2-4-9(12)6-5-8/h2-3,5-6,10,13H,1,4H2,(H,14,15). The molecule has 1 aliphatic carbocycles. The van der Waals surface area contributed by atoms with Crippen molar-refractivity contribution in [2.24, 2.45) is 0 Å². The van der Waals surface area contributed by atoms with E-state index in [9.17, 15) is 9.18 Å². The Bertz CT molecular complexity index is 407. The second-order valence-corrected chi connectivity index (χ2v) is 3.43. The van der Waals surface area contributed by atoms with Crippen LogP contribution in [0.3, 0.4) is 0 Å². The first-order chi connectivity index (χ1) is 7.16. The third-order valence-corrected chi connectivity index (χ3v) is 2.27. The van der Waals surface area contributed by atoms with E-state index in [1.165, 1.54) is 6.08 Å². The van der Waals surface area contributed by atoms with E-state index in [0.29, 0.717) is 5.82 Å². The lowest BCUT2D eigenvalue weighted by atomic mass is 10.1. The van der Waals surface area contributed by atoms with E-state index in [0.717, 1.165) is 5.57 Å². The molecule has 1 amide bonds. The molecule has 4 heteroatoms. The van der Waals surface area contributed by atoms with Crippen LogP contribution in [0.2, 0.25) is 0 Å². The first kappa shape index (κ1) is 9.71. The number of allylic oxidation sites excluding steroid dienone is 4. The summed E-state index contributed by atoms with van der Waals surface area (Å²) in [5.41, 5.74) is 0.735. The summed E-state index contributed by atoms with van der Waals surface area (Å²) in [4.78, 5) is 11.5. The van der Waals surface area contributed by atoms with Gasteiger partial charge in [-0.05, 0) is 11.6 Å². The highest BCUT2D eigenvalue weighted by atomic mass is 19.1. The highest BCUT2D eigenvalue weighted by molar-refractivity contribution is 5.90. The van der Waals surface area contributed by atoms with E-state index in [1.807, 2.05) is 0 Å². The van der Waals surface area contributed by atoms with Crippen LogP contribution in [-0.2, 0) is 4.79 Å². The largest absolute Gasteiger partial charge is 0.357 e. The Kier molecular flexibility index (Phi) is 2.41. The molecule has 1 unspecified atom stereocenters. The average molecular weight is 206 g/mol. The summed E-state index contributed by atoms with van der Waals surface area (Å²) in [5.74, 6) is 0.109. The Morgan fingerprint density at radius 1 is 1.47 bits per heavy atom. The molecule has 2 rings (SSSR count). The Hall–Kier alpha value is -1.84. The van der Waals surface area contributed by atoms with Crippen molar-refractivity contribution in [3.05, 3.63) is 48.1 Å². The summed E-state index contributed by atoms with van der Waals surface area (Å²) >= 11 is 0. The van der Waals surface area contributed by atoms with Crippen LogP contribution in [0.1, 0.15) is 6.42 Å². The molecule has 15 heavy (non-hydrogen) atoms. The lowest BCUT2D eigenvalue weighted by Gasteiger charge is -2.07. The maximum absolute atomic E-state index is 12.9. The molecule has 0 bridgehead atoms. The van der Waals surface area contributed by atoms with Gasteiger partial charge in [-0.25, -0.2) is 4.39 Å². The third-order valence-electron chi connectivity index (χ3n) is 2.27. The van der Waals surface area contributed by atoms with Crippen molar-refractivity contribution in [1.29, 1.82) is 0 Å². The maximum Gasteiger partial charge on any atom is 0.252 e. The first-order valence-electron chi connectivity index (χ1n) is 4.66. The zero-order valence-electron chi connectivity index (χ0n) is 8.09. The van der Waals surface area contributed by atoms with E-state index in [-0.39, 0.29) is 18.2 Å². The highest BCUT2D eigenvalue weighted by Crippen LogP contribution is 2.17. The Labute approximate surface area is 87.0 Å². The molecule has 2 N–H and O–H groups in total. The summed E-state index contributed by atoms with van der Waals surface area (Å²) in [7, 11) is 0. The Morgan fingerprint density at radius 2 is 2.27 bits per heavy atom. The SMILES string of the molecule is C=C1NC(=O)C(C2=CC=C(F)CC=C2)N1. The number of nitrogens with one attached hydrogen (secondary N) is 2. The van der Waals surface area contributed by atoms with Crippen LogP contribution >= 0.6 is 0 Å². The van der Waals surface area contributed by atoms with Crippen molar-refractivity contribution in [2.45, 2.75) is 12.5 Å². The minimum absolute atomic E-state index is 0.161. The van der Waals surface area contributed by atoms with Crippen molar-refractivity contribution in [3.8, 4) is 0 Å². The number of halogens is 1. The predicted octanol–water partition coefficient (Wildman–Crippen LogP) is 1.29. The first-order valence-corrected chi connectivity index (χ1v) is 4.66. The van der Waals surface area contributed by atoms with Gasteiger partial charge in [-0.15, -0.1) is 0 Å².